The van der Waals surface area contributed by atoms with Crippen LogP contribution in [-0.4, -0.2) is 25.0 Å². The maximum atomic E-state index is 9.99. The first-order valence-corrected chi connectivity index (χ1v) is 3.67. The van der Waals surface area contributed by atoms with Crippen molar-refractivity contribution >= 4 is 11.2 Å². The Morgan fingerprint density at radius 1 is 1.57 bits per heavy atom. The predicted octanol–water partition coefficient (Wildman–Crippen LogP) is 0.232. The summed E-state index contributed by atoms with van der Waals surface area (Å²) >= 11 is 0. The van der Waals surface area contributed by atoms with E-state index in [1.165, 1.54) is 6.20 Å². The van der Waals surface area contributed by atoms with Crippen LogP contribution in [0.4, 0.5) is 0 Å². The largest absolute Gasteiger partial charge is 0.340 e. The number of aromatic nitrogens is 4. The first-order valence-electron chi connectivity index (χ1n) is 3.67. The van der Waals surface area contributed by atoms with Crippen molar-refractivity contribution in [3.05, 3.63) is 22.1 Å². The summed E-state index contributed by atoms with van der Waals surface area (Å²) in [7, 11) is 0. The Kier molecular flexibility index (Phi) is 1.73. The van der Waals surface area contributed by atoms with E-state index >= 15 is 0 Å². The molecule has 0 atom stereocenters. The van der Waals surface area contributed by atoms with Crippen LogP contribution in [0.25, 0.3) is 11.2 Å². The molecule has 2 aromatic rings. The Hall–Kier alpha value is -2.25. The number of rotatable bonds is 2. The fraction of sp³-hybridized carbons (Fsp3) is 0.167. The third-order valence-electron chi connectivity index (χ3n) is 1.49. The molecule has 0 radical (unpaired) electrons. The summed E-state index contributed by atoms with van der Waals surface area (Å²) in [6, 6.07) is -0.325. The zero-order chi connectivity index (χ0) is 10.1. The minimum atomic E-state index is -0.972. The van der Waals surface area contributed by atoms with Gasteiger partial charge in [0.25, 0.3) is 0 Å². The minimum Gasteiger partial charge on any atom is -0.340 e. The molecule has 0 unspecified atom stereocenters. The van der Waals surface area contributed by atoms with E-state index in [4.69, 9.17) is 0 Å². The first-order chi connectivity index (χ1) is 6.65. The molecular formula is C6H5N5O3. The van der Waals surface area contributed by atoms with Crippen LogP contribution in [0.5, 0.6) is 6.01 Å². The highest BCUT2D eigenvalue weighted by atomic mass is 17.0. The lowest BCUT2D eigenvalue weighted by Crippen LogP contribution is -2.06. The molecule has 0 saturated heterocycles. The van der Waals surface area contributed by atoms with Gasteiger partial charge in [0.1, 0.15) is 11.3 Å². The summed E-state index contributed by atoms with van der Waals surface area (Å²) in [6.45, 7) is 1.75. The molecule has 1 N–H and O–H groups in total. The van der Waals surface area contributed by atoms with E-state index in [0.717, 1.165) is 0 Å². The average molecular weight is 195 g/mol. The van der Waals surface area contributed by atoms with Gasteiger partial charge in [-0.2, -0.15) is 4.98 Å². The number of nitrogens with zero attached hydrogens (tertiary/aromatic N) is 4. The second kappa shape index (κ2) is 2.91. The van der Waals surface area contributed by atoms with Gasteiger partial charge in [0.05, 0.1) is 6.20 Å². The topological polar surface area (TPSA) is 107 Å². The van der Waals surface area contributed by atoms with Crippen LogP contribution < -0.4 is 4.84 Å². The molecule has 0 fully saturated rings. The molecule has 0 aliphatic heterocycles. The standard InChI is InChI=1S/C6H5N5O3/c1-3-8-4-2-7-6(14-11(12)13)10-5(4)9-3/h2H,1H3,(H,7,8,9,10). The Bertz CT molecular complexity index is 493. The van der Waals surface area contributed by atoms with Crippen molar-refractivity contribution in [2.75, 3.05) is 0 Å². The molecule has 14 heavy (non-hydrogen) atoms. The first kappa shape index (κ1) is 8.35. The van der Waals surface area contributed by atoms with Crippen molar-refractivity contribution < 1.29 is 9.92 Å². The highest BCUT2D eigenvalue weighted by molar-refractivity contribution is 5.69. The summed E-state index contributed by atoms with van der Waals surface area (Å²) in [6.07, 6.45) is 1.38. The van der Waals surface area contributed by atoms with Gasteiger partial charge in [-0.05, 0) is 6.92 Å². The van der Waals surface area contributed by atoms with Crippen LogP contribution in [0.2, 0.25) is 0 Å². The maximum absolute atomic E-state index is 9.99. The van der Waals surface area contributed by atoms with Gasteiger partial charge in [-0.1, -0.05) is 0 Å². The molecule has 2 rings (SSSR count). The van der Waals surface area contributed by atoms with E-state index in [9.17, 15) is 10.1 Å². The summed E-state index contributed by atoms with van der Waals surface area (Å²) < 4.78 is 0. The van der Waals surface area contributed by atoms with Crippen LogP contribution in [0, 0.1) is 17.0 Å². The van der Waals surface area contributed by atoms with E-state index in [-0.39, 0.29) is 6.01 Å². The normalized spacial score (nSPS) is 10.4. The highest BCUT2D eigenvalue weighted by Crippen LogP contribution is 2.10. The lowest BCUT2D eigenvalue weighted by molar-refractivity contribution is -0.713. The molecule has 8 nitrogen and oxygen atoms in total. The molecular weight excluding hydrogens is 190 g/mol. The van der Waals surface area contributed by atoms with E-state index in [2.05, 4.69) is 24.8 Å². The predicted molar refractivity (Wildman–Crippen MR) is 44.0 cm³/mol. The number of aryl methyl sites for hydroxylation is 1. The molecule has 2 aromatic heterocycles. The van der Waals surface area contributed by atoms with Crippen LogP contribution in [0.3, 0.4) is 0 Å². The fourth-order valence-electron chi connectivity index (χ4n) is 1.02. The van der Waals surface area contributed by atoms with Gasteiger partial charge >= 0.3 is 11.1 Å². The number of hydrogen-bond donors (Lipinski definition) is 1. The molecule has 0 amide bonds. The Morgan fingerprint density at radius 2 is 2.36 bits per heavy atom. The van der Waals surface area contributed by atoms with Crippen molar-refractivity contribution in [3.8, 4) is 6.01 Å². The second-order valence-electron chi connectivity index (χ2n) is 2.53. The Balaban J connectivity index is 2.45. The van der Waals surface area contributed by atoms with Crippen molar-refractivity contribution in [1.82, 2.24) is 19.9 Å². The molecule has 8 heteroatoms. The van der Waals surface area contributed by atoms with Gasteiger partial charge in [-0.15, -0.1) is 10.1 Å². The van der Waals surface area contributed by atoms with Crippen LogP contribution >= 0.6 is 0 Å². The van der Waals surface area contributed by atoms with Gasteiger partial charge < -0.3 is 4.98 Å². The van der Waals surface area contributed by atoms with Crippen molar-refractivity contribution in [3.63, 3.8) is 0 Å². The molecule has 72 valence electrons. The number of aromatic amines is 1. The monoisotopic (exact) mass is 195 g/mol. The summed E-state index contributed by atoms with van der Waals surface area (Å²) in [5, 5.41) is 9.01. The fourth-order valence-corrected chi connectivity index (χ4v) is 1.02. The van der Waals surface area contributed by atoms with Crippen LogP contribution in [-0.2, 0) is 0 Å². The van der Waals surface area contributed by atoms with Gasteiger partial charge in [-0.3, -0.25) is 0 Å². The van der Waals surface area contributed by atoms with Gasteiger partial charge in [0, 0.05) is 0 Å². The van der Waals surface area contributed by atoms with Crippen molar-refractivity contribution in [1.29, 1.82) is 0 Å². The van der Waals surface area contributed by atoms with Crippen LogP contribution in [0.15, 0.2) is 6.20 Å². The van der Waals surface area contributed by atoms with E-state index in [1.807, 2.05) is 0 Å². The quantitative estimate of drug-likeness (QED) is 0.543. The summed E-state index contributed by atoms with van der Waals surface area (Å²) in [5.74, 6) is 0.660. The van der Waals surface area contributed by atoms with Gasteiger partial charge in [-0.25, -0.2) is 14.8 Å². The maximum Gasteiger partial charge on any atom is 0.311 e. The molecule has 2 heterocycles. The smallest absolute Gasteiger partial charge is 0.311 e. The lowest BCUT2D eigenvalue weighted by atomic mass is 10.6. The molecule has 0 bridgehead atoms. The number of imidazole rings is 1. The molecule has 0 aromatic carbocycles. The number of nitrogens with one attached hydrogen (secondary N) is 1. The summed E-state index contributed by atoms with van der Waals surface area (Å²) in [4.78, 5) is 28.2. The molecule has 0 saturated carbocycles. The zero-order valence-corrected chi connectivity index (χ0v) is 7.09. The third-order valence-corrected chi connectivity index (χ3v) is 1.49. The van der Waals surface area contributed by atoms with E-state index < -0.39 is 5.09 Å². The number of hydrogen-bond acceptors (Lipinski definition) is 6. The Morgan fingerprint density at radius 3 is 3.07 bits per heavy atom. The molecule has 0 aliphatic carbocycles. The highest BCUT2D eigenvalue weighted by Gasteiger charge is 2.06. The van der Waals surface area contributed by atoms with Crippen molar-refractivity contribution in [2.24, 2.45) is 0 Å². The summed E-state index contributed by atoms with van der Waals surface area (Å²) in [5.41, 5.74) is 0.951. The SMILES string of the molecule is Cc1nc2nc(O[N+](=O)[O-])ncc2[nH]1. The second-order valence-corrected chi connectivity index (χ2v) is 2.53. The minimum absolute atomic E-state index is 0.325. The number of fused-ring (bicyclic) bond motifs is 1. The Labute approximate surface area is 77.1 Å². The van der Waals surface area contributed by atoms with Crippen LogP contribution in [0.1, 0.15) is 5.82 Å². The number of H-pyrrole nitrogens is 1. The van der Waals surface area contributed by atoms with Crippen molar-refractivity contribution in [2.45, 2.75) is 6.92 Å². The average Bonchev–Trinajstić information content (AvgIpc) is 2.42. The van der Waals surface area contributed by atoms with E-state index in [1.54, 1.807) is 6.92 Å². The third kappa shape index (κ3) is 1.44. The van der Waals surface area contributed by atoms with Gasteiger partial charge in [0.15, 0.2) is 5.65 Å². The van der Waals surface area contributed by atoms with Gasteiger partial charge in [0.2, 0.25) is 0 Å². The molecule has 0 aliphatic rings. The van der Waals surface area contributed by atoms with E-state index in [0.29, 0.717) is 17.0 Å². The molecule has 0 spiro atoms. The lowest BCUT2D eigenvalue weighted by Gasteiger charge is -1.93. The zero-order valence-electron chi connectivity index (χ0n) is 7.09.